The van der Waals surface area contributed by atoms with E-state index in [-0.39, 0.29) is 30.6 Å². The van der Waals surface area contributed by atoms with Crippen LogP contribution in [0.4, 0.5) is 22.7 Å². The van der Waals surface area contributed by atoms with Crippen molar-refractivity contribution in [3.63, 3.8) is 0 Å². The minimum Gasteiger partial charge on any atom is -0.378 e. The van der Waals surface area contributed by atoms with Crippen LogP contribution in [0.2, 0.25) is 0 Å². The summed E-state index contributed by atoms with van der Waals surface area (Å²) in [6, 6.07) is 23.0. The number of ether oxygens (including phenoxy) is 1. The summed E-state index contributed by atoms with van der Waals surface area (Å²) in [7, 11) is 0. The first-order chi connectivity index (χ1) is 21.0. The van der Waals surface area contributed by atoms with Gasteiger partial charge in [-0.05, 0) is 55.4 Å². The summed E-state index contributed by atoms with van der Waals surface area (Å²) in [5.74, 6) is -0.538. The summed E-state index contributed by atoms with van der Waals surface area (Å²) < 4.78 is 5.46. The van der Waals surface area contributed by atoms with Crippen molar-refractivity contribution in [2.75, 3.05) is 67.6 Å². The molecule has 1 N–H and O–H groups in total. The monoisotopic (exact) mass is 583 g/mol. The zero-order valence-electron chi connectivity index (χ0n) is 25.1. The second-order valence-electron chi connectivity index (χ2n) is 10.8. The van der Waals surface area contributed by atoms with E-state index < -0.39 is 0 Å². The van der Waals surface area contributed by atoms with Gasteiger partial charge in [0.15, 0.2) is 0 Å². The Labute approximate surface area is 254 Å². The lowest BCUT2D eigenvalue weighted by molar-refractivity contribution is -0.133. The van der Waals surface area contributed by atoms with Gasteiger partial charge in [-0.1, -0.05) is 43.3 Å². The predicted molar refractivity (Wildman–Crippen MR) is 170 cm³/mol. The molecule has 43 heavy (non-hydrogen) atoms. The van der Waals surface area contributed by atoms with E-state index in [1.54, 1.807) is 29.2 Å². The van der Waals surface area contributed by atoms with Crippen molar-refractivity contribution < 1.29 is 19.1 Å². The maximum absolute atomic E-state index is 13.6. The Balaban J connectivity index is 1.17. The van der Waals surface area contributed by atoms with Gasteiger partial charge in [0.1, 0.15) is 0 Å². The zero-order valence-corrected chi connectivity index (χ0v) is 25.1. The van der Waals surface area contributed by atoms with Crippen LogP contribution in [0.5, 0.6) is 0 Å². The van der Waals surface area contributed by atoms with E-state index >= 15 is 0 Å². The number of nitrogens with zero attached hydrogens (tertiary/aromatic N) is 4. The highest BCUT2D eigenvalue weighted by molar-refractivity contribution is 6.17. The molecule has 226 valence electrons. The van der Waals surface area contributed by atoms with Crippen LogP contribution < -0.4 is 15.1 Å². The standard InChI is InChI=1S/C34H41N5O4/c1-3-36(25-26-13-15-27(16-14-26)38-21-23-43-24-22-38)19-20-37(4-2)32(40)17-18-33(41)39-30-11-7-5-9-28(30)34(42)35-29-10-6-8-12-31(29)39/h5-16H,3-4,17-25H2,1-2H3,(H,35,42). The number of nitrogens with one attached hydrogen (secondary N) is 1. The quantitative estimate of drug-likeness (QED) is 0.346. The molecule has 2 heterocycles. The average Bonchev–Trinajstić information content (AvgIpc) is 3.17. The van der Waals surface area contributed by atoms with Crippen LogP contribution in [0.15, 0.2) is 72.8 Å². The van der Waals surface area contributed by atoms with E-state index in [1.807, 2.05) is 36.1 Å². The van der Waals surface area contributed by atoms with Gasteiger partial charge in [0, 0.05) is 57.8 Å². The van der Waals surface area contributed by atoms with E-state index in [2.05, 4.69) is 46.3 Å². The Hall–Kier alpha value is -4.21. The molecule has 9 nitrogen and oxygen atoms in total. The van der Waals surface area contributed by atoms with Crippen LogP contribution in [-0.4, -0.2) is 80.0 Å². The van der Waals surface area contributed by atoms with E-state index in [1.165, 1.54) is 11.3 Å². The van der Waals surface area contributed by atoms with Gasteiger partial charge >= 0.3 is 0 Å². The Morgan fingerprint density at radius 3 is 2.26 bits per heavy atom. The number of hydrogen-bond donors (Lipinski definition) is 1. The van der Waals surface area contributed by atoms with Crippen molar-refractivity contribution in [3.8, 4) is 0 Å². The summed E-state index contributed by atoms with van der Waals surface area (Å²) >= 11 is 0. The normalized spacial score (nSPS) is 14.5. The Kier molecular flexibility index (Phi) is 10.1. The smallest absolute Gasteiger partial charge is 0.257 e. The molecule has 2 aliphatic heterocycles. The molecule has 0 spiro atoms. The molecule has 0 unspecified atom stereocenters. The molecule has 0 saturated carbocycles. The second-order valence-corrected chi connectivity index (χ2v) is 10.8. The highest BCUT2D eigenvalue weighted by Gasteiger charge is 2.29. The number of amides is 3. The number of rotatable bonds is 11. The summed E-state index contributed by atoms with van der Waals surface area (Å²) in [5.41, 5.74) is 4.57. The number of anilines is 4. The number of fused-ring (bicyclic) bond motifs is 2. The fourth-order valence-corrected chi connectivity index (χ4v) is 5.67. The van der Waals surface area contributed by atoms with Gasteiger partial charge in [-0.25, -0.2) is 0 Å². The summed E-state index contributed by atoms with van der Waals surface area (Å²) in [6.45, 7) is 11.1. The molecule has 3 aromatic rings. The van der Waals surface area contributed by atoms with Crippen LogP contribution >= 0.6 is 0 Å². The summed E-state index contributed by atoms with van der Waals surface area (Å²) in [5, 5.41) is 2.90. The van der Waals surface area contributed by atoms with Crippen molar-refractivity contribution in [1.29, 1.82) is 0 Å². The lowest BCUT2D eigenvalue weighted by Crippen LogP contribution is -2.39. The fourth-order valence-electron chi connectivity index (χ4n) is 5.67. The van der Waals surface area contributed by atoms with Crippen molar-refractivity contribution in [1.82, 2.24) is 9.80 Å². The lowest BCUT2D eigenvalue weighted by Gasteiger charge is -2.29. The van der Waals surface area contributed by atoms with Crippen LogP contribution in [-0.2, 0) is 20.9 Å². The van der Waals surface area contributed by atoms with Crippen LogP contribution in [0.3, 0.4) is 0 Å². The Morgan fingerprint density at radius 1 is 0.837 bits per heavy atom. The number of para-hydroxylation sites is 3. The number of carbonyl (C=O) groups excluding carboxylic acids is 3. The Bertz CT molecular complexity index is 1420. The van der Waals surface area contributed by atoms with Gasteiger partial charge in [0.25, 0.3) is 5.91 Å². The molecule has 0 atom stereocenters. The van der Waals surface area contributed by atoms with E-state index in [4.69, 9.17) is 4.74 Å². The van der Waals surface area contributed by atoms with Crippen molar-refractivity contribution in [2.24, 2.45) is 0 Å². The van der Waals surface area contributed by atoms with Gasteiger partial charge in [0.2, 0.25) is 11.8 Å². The lowest BCUT2D eigenvalue weighted by atomic mass is 10.1. The van der Waals surface area contributed by atoms with Crippen molar-refractivity contribution >= 4 is 40.5 Å². The molecular formula is C34H41N5O4. The first-order valence-electron chi connectivity index (χ1n) is 15.2. The first-order valence-corrected chi connectivity index (χ1v) is 15.2. The van der Waals surface area contributed by atoms with Crippen LogP contribution in [0, 0.1) is 0 Å². The number of morpholine rings is 1. The summed E-state index contributed by atoms with van der Waals surface area (Å²) in [4.78, 5) is 47.8. The molecule has 3 amide bonds. The minimum absolute atomic E-state index is 0.0408. The van der Waals surface area contributed by atoms with Gasteiger partial charge in [0.05, 0.1) is 35.8 Å². The molecule has 2 aliphatic rings. The molecule has 1 fully saturated rings. The third-order valence-corrected chi connectivity index (χ3v) is 8.17. The molecule has 0 aromatic heterocycles. The molecule has 0 bridgehead atoms. The van der Waals surface area contributed by atoms with E-state index in [0.29, 0.717) is 35.7 Å². The van der Waals surface area contributed by atoms with E-state index in [9.17, 15) is 14.4 Å². The van der Waals surface area contributed by atoms with E-state index in [0.717, 1.165) is 45.9 Å². The van der Waals surface area contributed by atoms with Gasteiger partial charge in [-0.2, -0.15) is 0 Å². The number of benzene rings is 3. The first kappa shape index (κ1) is 30.3. The molecule has 3 aromatic carbocycles. The Morgan fingerprint density at radius 2 is 1.53 bits per heavy atom. The maximum Gasteiger partial charge on any atom is 0.257 e. The summed E-state index contributed by atoms with van der Waals surface area (Å²) in [6.07, 6.45) is 0.142. The molecule has 5 rings (SSSR count). The minimum atomic E-state index is -0.264. The van der Waals surface area contributed by atoms with Gasteiger partial charge in [-0.15, -0.1) is 0 Å². The number of likely N-dealkylation sites (N-methyl/N-ethyl adjacent to an activating group) is 2. The second kappa shape index (κ2) is 14.3. The van der Waals surface area contributed by atoms with Crippen LogP contribution in [0.1, 0.15) is 42.6 Å². The third kappa shape index (κ3) is 7.24. The third-order valence-electron chi connectivity index (χ3n) is 8.17. The highest BCUT2D eigenvalue weighted by Crippen LogP contribution is 2.38. The number of hydrogen-bond acceptors (Lipinski definition) is 6. The molecule has 9 heteroatoms. The highest BCUT2D eigenvalue weighted by atomic mass is 16.5. The van der Waals surface area contributed by atoms with Crippen molar-refractivity contribution in [2.45, 2.75) is 33.2 Å². The SMILES string of the molecule is CCN(CCN(CC)C(=O)CCC(=O)N1c2ccccc2NC(=O)c2ccccc21)Cc1ccc(N2CCOCC2)cc1. The van der Waals surface area contributed by atoms with Crippen molar-refractivity contribution in [3.05, 3.63) is 83.9 Å². The molecule has 1 saturated heterocycles. The molecular weight excluding hydrogens is 542 g/mol. The van der Waals surface area contributed by atoms with Crippen LogP contribution in [0.25, 0.3) is 0 Å². The largest absolute Gasteiger partial charge is 0.378 e. The van der Waals surface area contributed by atoms with Gasteiger partial charge < -0.3 is 19.9 Å². The number of carbonyl (C=O) groups is 3. The van der Waals surface area contributed by atoms with Gasteiger partial charge in [-0.3, -0.25) is 24.2 Å². The fraction of sp³-hybridized carbons (Fsp3) is 0.382. The molecule has 0 aliphatic carbocycles. The average molecular weight is 584 g/mol. The topological polar surface area (TPSA) is 85.4 Å². The molecule has 0 radical (unpaired) electrons. The zero-order chi connectivity index (χ0) is 30.2. The maximum atomic E-state index is 13.6. The predicted octanol–water partition coefficient (Wildman–Crippen LogP) is 4.90.